The van der Waals surface area contributed by atoms with E-state index < -0.39 is 21.7 Å². The van der Waals surface area contributed by atoms with Crippen LogP contribution in [-0.4, -0.2) is 27.0 Å². The molecular weight excluding hydrogens is 247 g/mol. The molecule has 0 radical (unpaired) electrons. The zero-order valence-corrected chi connectivity index (χ0v) is 13.1. The molecular formula is C10H25O3SiV. The molecule has 0 aromatic carbocycles. The van der Waals surface area contributed by atoms with E-state index in [0.717, 1.165) is 0 Å². The SMILES string of the molecule is CCO[Si](OCC)(OCC)[V]([CH2]C)[CH2]C. The van der Waals surface area contributed by atoms with Crippen LogP contribution in [-0.2, 0) is 27.8 Å². The molecule has 0 aromatic rings. The van der Waals surface area contributed by atoms with Crippen molar-refractivity contribution in [2.24, 2.45) is 0 Å². The van der Waals surface area contributed by atoms with Crippen LogP contribution in [0.2, 0.25) is 10.3 Å². The fourth-order valence-electron chi connectivity index (χ4n) is 1.56. The van der Waals surface area contributed by atoms with Crippen molar-refractivity contribution in [3.8, 4) is 0 Å². The summed E-state index contributed by atoms with van der Waals surface area (Å²) < 4.78 is 17.7. The van der Waals surface area contributed by atoms with Crippen molar-refractivity contribution in [2.45, 2.75) is 44.9 Å². The van der Waals surface area contributed by atoms with Gasteiger partial charge in [0.25, 0.3) is 0 Å². The second-order valence-electron chi connectivity index (χ2n) is 3.00. The van der Waals surface area contributed by atoms with Gasteiger partial charge in [0, 0.05) is 0 Å². The van der Waals surface area contributed by atoms with Crippen LogP contribution < -0.4 is 0 Å². The average Bonchev–Trinajstić information content (AvgIpc) is 2.20. The van der Waals surface area contributed by atoms with Gasteiger partial charge in [0.1, 0.15) is 0 Å². The third-order valence-electron chi connectivity index (χ3n) is 2.13. The van der Waals surface area contributed by atoms with Crippen molar-refractivity contribution < 1.29 is 27.8 Å². The van der Waals surface area contributed by atoms with Crippen LogP contribution in [0.1, 0.15) is 34.6 Å². The summed E-state index contributed by atoms with van der Waals surface area (Å²) in [4.78, 5) is 0. The Morgan fingerprint density at radius 2 is 1.07 bits per heavy atom. The molecule has 15 heavy (non-hydrogen) atoms. The second kappa shape index (κ2) is 8.79. The monoisotopic (exact) mass is 272 g/mol. The van der Waals surface area contributed by atoms with Gasteiger partial charge in [-0.25, -0.2) is 0 Å². The molecule has 0 amide bonds. The molecule has 0 fully saturated rings. The van der Waals surface area contributed by atoms with Crippen LogP contribution in [0.15, 0.2) is 0 Å². The first kappa shape index (κ1) is 15.7. The molecule has 0 aliphatic rings. The standard InChI is InChI=1S/C6H15O3Si.2C2H5.V/c1-4-7-10(8-5-2)9-6-3;2*1-2;/h4-6H2,1-3H3;2*1H2,2H3;. The molecule has 0 aliphatic heterocycles. The molecule has 0 heterocycles. The Morgan fingerprint density at radius 1 is 0.733 bits per heavy atom. The van der Waals surface area contributed by atoms with E-state index in [0.29, 0.717) is 19.8 Å². The summed E-state index contributed by atoms with van der Waals surface area (Å²) in [6.45, 7) is 12.7. The molecule has 0 aromatic heterocycles. The van der Waals surface area contributed by atoms with E-state index in [9.17, 15) is 0 Å². The van der Waals surface area contributed by atoms with Crippen molar-refractivity contribution >= 4 is 7.18 Å². The van der Waals surface area contributed by atoms with Gasteiger partial charge in [-0.2, -0.15) is 0 Å². The first-order chi connectivity index (χ1) is 7.20. The van der Waals surface area contributed by atoms with E-state index in [1.807, 2.05) is 20.8 Å². The van der Waals surface area contributed by atoms with Crippen LogP contribution in [0.5, 0.6) is 0 Å². The van der Waals surface area contributed by atoms with Gasteiger partial charge >= 0.3 is 99.6 Å². The number of hydrogen-bond donors (Lipinski definition) is 0. The number of rotatable bonds is 9. The van der Waals surface area contributed by atoms with Gasteiger partial charge in [-0.3, -0.25) is 0 Å². The molecule has 0 unspecified atom stereocenters. The molecule has 0 atom stereocenters. The molecule has 0 saturated heterocycles. The topological polar surface area (TPSA) is 27.7 Å². The third kappa shape index (κ3) is 4.59. The summed E-state index contributed by atoms with van der Waals surface area (Å²) in [6, 6.07) is 0. The first-order valence-electron chi connectivity index (χ1n) is 5.87. The Balaban J connectivity index is 4.71. The van der Waals surface area contributed by atoms with Gasteiger partial charge < -0.3 is 0 Å². The minimum atomic E-state index is -2.28. The third-order valence-corrected chi connectivity index (χ3v) is 15.3. The molecule has 0 N–H and O–H groups in total. The van der Waals surface area contributed by atoms with E-state index >= 15 is 0 Å². The summed E-state index contributed by atoms with van der Waals surface area (Å²) in [5, 5.41) is 2.41. The number of hydrogen-bond acceptors (Lipinski definition) is 3. The maximum atomic E-state index is 5.91. The van der Waals surface area contributed by atoms with Crippen molar-refractivity contribution in [1.82, 2.24) is 0 Å². The molecule has 3 nitrogen and oxygen atoms in total. The zero-order chi connectivity index (χ0) is 11.7. The van der Waals surface area contributed by atoms with E-state index in [2.05, 4.69) is 13.8 Å². The Hall–Kier alpha value is 0.681. The summed E-state index contributed by atoms with van der Waals surface area (Å²) in [5.41, 5.74) is 0. The van der Waals surface area contributed by atoms with E-state index in [1.54, 1.807) is 0 Å². The van der Waals surface area contributed by atoms with Crippen LogP contribution >= 0.6 is 0 Å². The Labute approximate surface area is 99.7 Å². The van der Waals surface area contributed by atoms with Crippen molar-refractivity contribution in [1.29, 1.82) is 0 Å². The minimum absolute atomic E-state index is 0.706. The van der Waals surface area contributed by atoms with Gasteiger partial charge in [0.15, 0.2) is 0 Å². The van der Waals surface area contributed by atoms with Gasteiger partial charge in [0.2, 0.25) is 0 Å². The quantitative estimate of drug-likeness (QED) is 0.604. The Kier molecular flexibility index (Phi) is 9.19. The normalized spacial score (nSPS) is 12.4. The van der Waals surface area contributed by atoms with E-state index in [4.69, 9.17) is 13.3 Å². The average molecular weight is 272 g/mol. The predicted octanol–water partition coefficient (Wildman–Crippen LogP) is 3.03. The second-order valence-corrected chi connectivity index (χ2v) is 13.7. The molecule has 0 aliphatic carbocycles. The Bertz CT molecular complexity index is 137. The van der Waals surface area contributed by atoms with Crippen LogP contribution in [0, 0.1) is 0 Å². The fourth-order valence-corrected chi connectivity index (χ4v) is 12.9. The van der Waals surface area contributed by atoms with Crippen molar-refractivity contribution in [3.05, 3.63) is 0 Å². The Morgan fingerprint density at radius 3 is 1.27 bits per heavy atom. The first-order valence-corrected chi connectivity index (χ1v) is 11.6. The zero-order valence-electron chi connectivity index (χ0n) is 10.7. The van der Waals surface area contributed by atoms with Crippen LogP contribution in [0.25, 0.3) is 0 Å². The molecule has 0 bridgehead atoms. The molecule has 92 valence electrons. The van der Waals surface area contributed by atoms with Crippen LogP contribution in [0.3, 0.4) is 0 Å². The maximum absolute atomic E-state index is 5.91. The van der Waals surface area contributed by atoms with Gasteiger partial charge in [-0.1, -0.05) is 0 Å². The molecule has 0 spiro atoms. The van der Waals surface area contributed by atoms with Crippen LogP contribution in [0.4, 0.5) is 0 Å². The van der Waals surface area contributed by atoms with E-state index in [1.165, 1.54) is 10.3 Å². The van der Waals surface area contributed by atoms with Crippen molar-refractivity contribution in [2.75, 3.05) is 19.8 Å². The van der Waals surface area contributed by atoms with Gasteiger partial charge in [0.05, 0.1) is 0 Å². The summed E-state index contributed by atoms with van der Waals surface area (Å²) in [6.07, 6.45) is 0. The predicted molar refractivity (Wildman–Crippen MR) is 61.6 cm³/mol. The summed E-state index contributed by atoms with van der Waals surface area (Å²) in [5.74, 6) is 0. The molecule has 5 heteroatoms. The van der Waals surface area contributed by atoms with Gasteiger partial charge in [-0.15, -0.1) is 0 Å². The van der Waals surface area contributed by atoms with E-state index in [-0.39, 0.29) is 0 Å². The van der Waals surface area contributed by atoms with Crippen molar-refractivity contribution in [3.63, 3.8) is 0 Å². The summed E-state index contributed by atoms with van der Waals surface area (Å²) >= 11 is -1.10. The fraction of sp³-hybridized carbons (Fsp3) is 1.00. The molecule has 0 saturated carbocycles. The summed E-state index contributed by atoms with van der Waals surface area (Å²) in [7, 11) is -2.28. The molecule has 0 rings (SSSR count). The van der Waals surface area contributed by atoms with Gasteiger partial charge in [-0.05, 0) is 0 Å².